The maximum Gasteiger partial charge on any atom is 0.407 e. The van der Waals surface area contributed by atoms with E-state index in [0.29, 0.717) is 44.6 Å². The second-order valence-electron chi connectivity index (χ2n) is 11.2. The number of benzene rings is 3. The van der Waals surface area contributed by atoms with Crippen molar-refractivity contribution >= 4 is 41.2 Å². The van der Waals surface area contributed by atoms with Gasteiger partial charge in [-0.3, -0.25) is 4.79 Å². The summed E-state index contributed by atoms with van der Waals surface area (Å²) in [7, 11) is 0. The summed E-state index contributed by atoms with van der Waals surface area (Å²) in [5.41, 5.74) is 4.63. The monoisotopic (exact) mass is 647 g/mol. The largest absolute Gasteiger partial charge is 0.465 e. The quantitative estimate of drug-likeness (QED) is 0.261. The zero-order valence-electron chi connectivity index (χ0n) is 25.1. The Morgan fingerprint density at radius 3 is 1.87 bits per heavy atom. The van der Waals surface area contributed by atoms with E-state index in [1.807, 2.05) is 36.4 Å². The highest BCUT2D eigenvalue weighted by Gasteiger charge is 2.40. The van der Waals surface area contributed by atoms with Crippen LogP contribution in [0, 0.1) is 0 Å². The number of dihydropyridines is 1. The van der Waals surface area contributed by atoms with Gasteiger partial charge in [-0.2, -0.15) is 0 Å². The molecule has 0 bridgehead atoms. The topological polar surface area (TPSA) is 99.2 Å². The minimum Gasteiger partial charge on any atom is -0.465 e. The van der Waals surface area contributed by atoms with E-state index in [1.54, 1.807) is 36.9 Å². The Hall–Kier alpha value is -4.27. The number of halogens is 2. The fourth-order valence-electron chi connectivity index (χ4n) is 6.14. The molecule has 1 atom stereocenters. The number of nitrogens with zero attached hydrogens (tertiary/aromatic N) is 2. The Morgan fingerprint density at radius 1 is 0.822 bits per heavy atom. The molecule has 2 heterocycles. The normalized spacial score (nSPS) is 17.0. The number of hydrogen-bond acceptors (Lipinski definition) is 5. The number of ether oxygens (including phenoxy) is 1. The number of hydrogen-bond donors (Lipinski definition) is 2. The summed E-state index contributed by atoms with van der Waals surface area (Å²) in [6.07, 6.45) is -0.463. The maximum atomic E-state index is 14.1. The molecule has 3 aromatic rings. The first kappa shape index (κ1) is 32.1. The Balaban J connectivity index is 1.43. The highest BCUT2D eigenvalue weighted by molar-refractivity contribution is 6.34. The molecule has 10 heteroatoms. The molecule has 2 aliphatic heterocycles. The van der Waals surface area contributed by atoms with Crippen LogP contribution in [0.3, 0.4) is 0 Å². The number of carbonyl (C=O) groups is 3. The lowest BCUT2D eigenvalue weighted by Crippen LogP contribution is -2.51. The molecule has 1 fully saturated rings. The number of piperazine rings is 1. The molecule has 0 aliphatic carbocycles. The summed E-state index contributed by atoms with van der Waals surface area (Å²) in [5.74, 6) is -1.63. The van der Waals surface area contributed by atoms with Gasteiger partial charge in [-0.05, 0) is 55.2 Å². The van der Waals surface area contributed by atoms with Crippen LogP contribution in [0.25, 0.3) is 0 Å². The molecule has 0 radical (unpaired) electrons. The van der Waals surface area contributed by atoms with Crippen LogP contribution in [0.2, 0.25) is 10.0 Å². The van der Waals surface area contributed by atoms with Gasteiger partial charge in [0.15, 0.2) is 0 Å². The third kappa shape index (κ3) is 7.35. The summed E-state index contributed by atoms with van der Waals surface area (Å²) >= 11 is 12.8. The van der Waals surface area contributed by atoms with Crippen molar-refractivity contribution in [1.29, 1.82) is 0 Å². The third-order valence-electron chi connectivity index (χ3n) is 8.31. The van der Waals surface area contributed by atoms with Gasteiger partial charge in [0.25, 0.3) is 5.91 Å². The zero-order chi connectivity index (χ0) is 32.1. The average Bonchev–Trinajstić information content (AvgIpc) is 3.02. The van der Waals surface area contributed by atoms with Gasteiger partial charge in [-0.1, -0.05) is 83.9 Å². The van der Waals surface area contributed by atoms with Crippen molar-refractivity contribution in [3.05, 3.63) is 128 Å². The highest BCUT2D eigenvalue weighted by atomic mass is 35.5. The van der Waals surface area contributed by atoms with Gasteiger partial charge in [0, 0.05) is 59.1 Å². The molecule has 2 N–H and O–H groups in total. The molecule has 0 spiro atoms. The molecule has 1 unspecified atom stereocenters. The molecular weight excluding hydrogens is 613 g/mol. The van der Waals surface area contributed by atoms with E-state index in [9.17, 15) is 19.5 Å². The Kier molecular flexibility index (Phi) is 10.2. The molecule has 5 rings (SSSR count). The van der Waals surface area contributed by atoms with Gasteiger partial charge >= 0.3 is 12.1 Å². The first-order valence-corrected chi connectivity index (χ1v) is 15.6. The van der Waals surface area contributed by atoms with Crippen LogP contribution in [-0.4, -0.2) is 65.7 Å². The van der Waals surface area contributed by atoms with Crippen molar-refractivity contribution in [1.82, 2.24) is 15.1 Å². The number of nitrogens with one attached hydrogen (secondary N) is 1. The fraction of sp³-hybridized carbons (Fsp3) is 0.286. The molecule has 2 amide bonds. The SMILES string of the molecule is CC1=C(C(=O)OCCC(c2ccccc2)c2ccccc2)C(c2cc(Cl)cc(Cl)c2)C(C(=O)N2CCN(C(=O)O)CC2)=C(C)N1. The number of esters is 1. The van der Waals surface area contributed by atoms with Crippen molar-refractivity contribution < 1.29 is 24.2 Å². The van der Waals surface area contributed by atoms with Crippen LogP contribution in [0.1, 0.15) is 48.8 Å². The number of carboxylic acid groups (broad SMARTS) is 1. The van der Waals surface area contributed by atoms with E-state index in [0.717, 1.165) is 11.1 Å². The van der Waals surface area contributed by atoms with Crippen LogP contribution >= 0.6 is 23.2 Å². The lowest BCUT2D eigenvalue weighted by Gasteiger charge is -2.37. The smallest absolute Gasteiger partial charge is 0.407 e. The Morgan fingerprint density at radius 2 is 1.33 bits per heavy atom. The minimum absolute atomic E-state index is 0.0195. The van der Waals surface area contributed by atoms with E-state index >= 15 is 0 Å². The average molecular weight is 649 g/mol. The minimum atomic E-state index is -1.02. The Labute approximate surface area is 272 Å². The van der Waals surface area contributed by atoms with E-state index < -0.39 is 18.0 Å². The molecule has 2 aliphatic rings. The van der Waals surface area contributed by atoms with E-state index in [4.69, 9.17) is 27.9 Å². The standard InChI is InChI=1S/C35H35Cl2N3O5/c1-22-30(33(41)39-14-16-40(17-15-39)35(43)44)32(26-19-27(36)21-28(37)20-26)31(23(2)38-22)34(42)45-18-13-29(24-9-5-3-6-10-24)25-11-7-4-8-12-25/h3-12,19-21,29,32,38H,13-18H2,1-2H3,(H,43,44). The zero-order valence-corrected chi connectivity index (χ0v) is 26.6. The molecule has 234 valence electrons. The number of rotatable bonds is 8. The predicted octanol–water partition coefficient (Wildman–Crippen LogP) is 6.82. The molecule has 8 nitrogen and oxygen atoms in total. The summed E-state index contributed by atoms with van der Waals surface area (Å²) in [5, 5.41) is 13.3. The van der Waals surface area contributed by atoms with Gasteiger partial charge in [0.05, 0.1) is 18.1 Å². The van der Waals surface area contributed by atoms with Crippen LogP contribution in [0.4, 0.5) is 4.79 Å². The lowest BCUT2D eigenvalue weighted by molar-refractivity contribution is -0.139. The van der Waals surface area contributed by atoms with Crippen LogP contribution in [0.5, 0.6) is 0 Å². The second kappa shape index (κ2) is 14.2. The van der Waals surface area contributed by atoms with E-state index in [-0.39, 0.29) is 44.6 Å². The third-order valence-corrected chi connectivity index (χ3v) is 8.75. The van der Waals surface area contributed by atoms with Crippen molar-refractivity contribution in [2.24, 2.45) is 0 Å². The Bertz CT molecular complexity index is 1570. The van der Waals surface area contributed by atoms with Crippen molar-refractivity contribution in [2.75, 3.05) is 32.8 Å². The lowest BCUT2D eigenvalue weighted by atomic mass is 9.79. The highest BCUT2D eigenvalue weighted by Crippen LogP contribution is 2.41. The van der Waals surface area contributed by atoms with Crippen LogP contribution < -0.4 is 5.32 Å². The second-order valence-corrected chi connectivity index (χ2v) is 12.1. The van der Waals surface area contributed by atoms with Crippen molar-refractivity contribution in [3.8, 4) is 0 Å². The van der Waals surface area contributed by atoms with Gasteiger partial charge in [-0.15, -0.1) is 0 Å². The van der Waals surface area contributed by atoms with Crippen LogP contribution in [-0.2, 0) is 14.3 Å². The van der Waals surface area contributed by atoms with E-state index in [2.05, 4.69) is 29.6 Å². The fourth-order valence-corrected chi connectivity index (χ4v) is 6.68. The van der Waals surface area contributed by atoms with Gasteiger partial charge < -0.3 is 25.0 Å². The maximum absolute atomic E-state index is 14.1. The molecule has 0 saturated carbocycles. The molecule has 0 aromatic heterocycles. The summed E-state index contributed by atoms with van der Waals surface area (Å²) in [4.78, 5) is 42.4. The molecule has 45 heavy (non-hydrogen) atoms. The summed E-state index contributed by atoms with van der Waals surface area (Å²) in [6, 6.07) is 25.2. The van der Waals surface area contributed by atoms with Crippen molar-refractivity contribution in [2.45, 2.75) is 32.1 Å². The first-order valence-electron chi connectivity index (χ1n) is 14.8. The predicted molar refractivity (Wildman–Crippen MR) is 174 cm³/mol. The van der Waals surface area contributed by atoms with Gasteiger partial charge in [0.1, 0.15) is 0 Å². The first-order chi connectivity index (χ1) is 21.6. The molecule has 1 saturated heterocycles. The van der Waals surface area contributed by atoms with Crippen molar-refractivity contribution in [3.63, 3.8) is 0 Å². The van der Waals surface area contributed by atoms with Gasteiger partial charge in [-0.25, -0.2) is 9.59 Å². The number of allylic oxidation sites excluding steroid dienone is 2. The summed E-state index contributed by atoms with van der Waals surface area (Å²) < 4.78 is 5.96. The summed E-state index contributed by atoms with van der Waals surface area (Å²) in [6.45, 7) is 4.57. The van der Waals surface area contributed by atoms with Gasteiger partial charge in [0.2, 0.25) is 0 Å². The van der Waals surface area contributed by atoms with E-state index in [1.165, 1.54) is 4.90 Å². The number of carbonyl (C=O) groups excluding carboxylic acids is 2. The molecule has 3 aromatic carbocycles. The van der Waals surface area contributed by atoms with Crippen LogP contribution in [0.15, 0.2) is 101 Å². The molecular formula is C35H35Cl2N3O5. The number of amides is 2.